The third kappa shape index (κ3) is 5.12. The number of rotatable bonds is 7. The summed E-state index contributed by atoms with van der Waals surface area (Å²) >= 11 is 0. The first-order valence-electron chi connectivity index (χ1n) is 11.4. The molecule has 5 rings (SSSR count). The number of carboxylic acids is 1. The van der Waals surface area contributed by atoms with Crippen LogP contribution in [-0.4, -0.2) is 23.0 Å². The quantitative estimate of drug-likeness (QED) is 0.255. The number of carboxylic acid groups (broad SMARTS) is 1. The van der Waals surface area contributed by atoms with E-state index in [4.69, 9.17) is 10.2 Å². The summed E-state index contributed by atoms with van der Waals surface area (Å²) in [4.78, 5) is 11.0. The summed E-state index contributed by atoms with van der Waals surface area (Å²) < 4.78 is 0. The molecule has 0 bridgehead atoms. The van der Waals surface area contributed by atoms with Gasteiger partial charge in [0, 0.05) is 6.42 Å². The van der Waals surface area contributed by atoms with Gasteiger partial charge in [0.1, 0.15) is 0 Å². The van der Waals surface area contributed by atoms with Crippen molar-refractivity contribution >= 4 is 29.3 Å². The second kappa shape index (κ2) is 10.1. The molecule has 2 N–H and O–H groups in total. The normalized spacial score (nSPS) is 15.3. The Balaban J connectivity index is 1.33. The van der Waals surface area contributed by atoms with Crippen molar-refractivity contribution in [3.05, 3.63) is 131 Å². The lowest BCUT2D eigenvalue weighted by Crippen LogP contribution is -2.18. The molecule has 6 nitrogen and oxygen atoms in total. The van der Waals surface area contributed by atoms with Crippen LogP contribution in [0.15, 0.2) is 119 Å². The predicted molar refractivity (Wildman–Crippen MR) is 140 cm³/mol. The molecule has 0 aliphatic carbocycles. The summed E-state index contributed by atoms with van der Waals surface area (Å²) in [5, 5.41) is 20.4. The van der Waals surface area contributed by atoms with Gasteiger partial charge in [-0.1, -0.05) is 72.8 Å². The molecular formula is C29H24N4O2. The van der Waals surface area contributed by atoms with Crippen LogP contribution in [0, 0.1) is 0 Å². The highest BCUT2D eigenvalue weighted by Gasteiger charge is 2.29. The van der Waals surface area contributed by atoms with Crippen LogP contribution in [0.2, 0.25) is 0 Å². The fourth-order valence-corrected chi connectivity index (χ4v) is 4.07. The van der Waals surface area contributed by atoms with E-state index in [1.54, 1.807) is 30.5 Å². The molecule has 0 unspecified atom stereocenters. The molecule has 35 heavy (non-hydrogen) atoms. The first-order chi connectivity index (χ1) is 17.2. The van der Waals surface area contributed by atoms with Gasteiger partial charge in [0.2, 0.25) is 0 Å². The largest absolute Gasteiger partial charge is 0.478 e. The predicted octanol–water partition coefficient (Wildman–Crippen LogP) is 6.19. The van der Waals surface area contributed by atoms with Crippen LogP contribution in [0.25, 0.3) is 0 Å². The van der Waals surface area contributed by atoms with Crippen LogP contribution in [0.3, 0.4) is 0 Å². The monoisotopic (exact) mass is 460 g/mol. The van der Waals surface area contributed by atoms with E-state index in [9.17, 15) is 4.79 Å². The smallest absolute Gasteiger partial charge is 0.335 e. The number of aromatic carboxylic acids is 1. The lowest BCUT2D eigenvalue weighted by atomic mass is 9.98. The molecule has 172 valence electrons. The second-order valence-electron chi connectivity index (χ2n) is 8.23. The Morgan fingerprint density at radius 3 is 2.20 bits per heavy atom. The van der Waals surface area contributed by atoms with Crippen molar-refractivity contribution in [2.24, 2.45) is 10.2 Å². The molecule has 6 heteroatoms. The third-order valence-electron chi connectivity index (χ3n) is 5.90. The van der Waals surface area contributed by atoms with Crippen molar-refractivity contribution in [2.75, 3.05) is 10.4 Å². The van der Waals surface area contributed by atoms with Crippen molar-refractivity contribution in [3.8, 4) is 0 Å². The molecule has 1 heterocycles. The highest BCUT2D eigenvalue weighted by molar-refractivity contribution is 6.03. The number of nitrogens with one attached hydrogen (secondary N) is 1. The first kappa shape index (κ1) is 22.1. The minimum Gasteiger partial charge on any atom is -0.478 e. The van der Waals surface area contributed by atoms with E-state index in [-0.39, 0.29) is 11.6 Å². The Morgan fingerprint density at radius 2 is 1.54 bits per heavy atom. The number of carbonyl (C=O) groups is 1. The zero-order chi connectivity index (χ0) is 24.0. The molecule has 0 saturated heterocycles. The maximum absolute atomic E-state index is 11.0. The maximum Gasteiger partial charge on any atom is 0.335 e. The zero-order valence-electron chi connectivity index (χ0n) is 19.0. The number of benzene rings is 4. The summed E-state index contributed by atoms with van der Waals surface area (Å²) in [6.45, 7) is 0. The highest BCUT2D eigenvalue weighted by atomic mass is 16.4. The third-order valence-corrected chi connectivity index (χ3v) is 5.90. The van der Waals surface area contributed by atoms with Crippen molar-refractivity contribution in [1.82, 2.24) is 0 Å². The van der Waals surface area contributed by atoms with E-state index in [2.05, 4.69) is 64.1 Å². The van der Waals surface area contributed by atoms with Gasteiger partial charge in [-0.3, -0.25) is 10.4 Å². The fraction of sp³-hybridized carbons (Fsp3) is 0.0690. The van der Waals surface area contributed by atoms with E-state index in [1.165, 1.54) is 5.56 Å². The number of hydrazone groups is 2. The van der Waals surface area contributed by atoms with E-state index in [0.29, 0.717) is 5.69 Å². The van der Waals surface area contributed by atoms with E-state index in [0.717, 1.165) is 28.9 Å². The molecule has 0 aromatic heterocycles. The fourth-order valence-electron chi connectivity index (χ4n) is 4.07. The molecule has 0 radical (unpaired) electrons. The molecule has 4 aromatic carbocycles. The van der Waals surface area contributed by atoms with Crippen LogP contribution in [0.1, 0.15) is 39.5 Å². The Morgan fingerprint density at radius 1 is 0.886 bits per heavy atom. The van der Waals surface area contributed by atoms with Gasteiger partial charge in [0.25, 0.3) is 0 Å². The van der Waals surface area contributed by atoms with Gasteiger partial charge >= 0.3 is 5.97 Å². The lowest BCUT2D eigenvalue weighted by Gasteiger charge is -2.24. The summed E-state index contributed by atoms with van der Waals surface area (Å²) in [6, 6.07) is 35.5. The minimum atomic E-state index is -0.951. The summed E-state index contributed by atoms with van der Waals surface area (Å²) in [5.74, 6) is -0.951. The molecule has 1 atom stereocenters. The molecule has 1 aliphatic rings. The number of hydrogen-bond acceptors (Lipinski definition) is 5. The Kier molecular flexibility index (Phi) is 6.35. The molecule has 0 fully saturated rings. The average Bonchev–Trinajstić information content (AvgIpc) is 3.36. The molecule has 1 aliphatic heterocycles. The van der Waals surface area contributed by atoms with Crippen LogP contribution in [0.5, 0.6) is 0 Å². The van der Waals surface area contributed by atoms with Crippen LogP contribution in [0.4, 0.5) is 11.4 Å². The number of anilines is 2. The molecule has 0 saturated carbocycles. The van der Waals surface area contributed by atoms with Crippen LogP contribution >= 0.6 is 0 Å². The minimum absolute atomic E-state index is 0.126. The van der Waals surface area contributed by atoms with Crippen molar-refractivity contribution in [3.63, 3.8) is 0 Å². The van der Waals surface area contributed by atoms with Crippen molar-refractivity contribution in [1.29, 1.82) is 0 Å². The second-order valence-corrected chi connectivity index (χ2v) is 8.23. The molecule has 4 aromatic rings. The van der Waals surface area contributed by atoms with Crippen LogP contribution in [-0.2, 0) is 0 Å². The number of nitrogens with zero attached hydrogens (tertiary/aromatic N) is 3. The van der Waals surface area contributed by atoms with Gasteiger partial charge in [-0.2, -0.15) is 10.2 Å². The summed E-state index contributed by atoms with van der Waals surface area (Å²) in [6.07, 6.45) is 2.56. The van der Waals surface area contributed by atoms with E-state index < -0.39 is 5.97 Å². The summed E-state index contributed by atoms with van der Waals surface area (Å²) in [5.41, 5.74) is 9.27. The topological polar surface area (TPSA) is 77.3 Å². The van der Waals surface area contributed by atoms with E-state index in [1.807, 2.05) is 36.4 Å². The van der Waals surface area contributed by atoms with Gasteiger partial charge in [-0.25, -0.2) is 4.79 Å². The van der Waals surface area contributed by atoms with Gasteiger partial charge < -0.3 is 5.11 Å². The van der Waals surface area contributed by atoms with Gasteiger partial charge in [-0.05, 0) is 53.1 Å². The maximum atomic E-state index is 11.0. The molecule has 0 amide bonds. The average molecular weight is 461 g/mol. The zero-order valence-corrected chi connectivity index (χ0v) is 19.0. The van der Waals surface area contributed by atoms with Gasteiger partial charge in [0.15, 0.2) is 0 Å². The Bertz CT molecular complexity index is 1350. The Hall–Kier alpha value is -4.71. The van der Waals surface area contributed by atoms with Gasteiger partial charge in [0.05, 0.1) is 34.9 Å². The molecular weight excluding hydrogens is 436 g/mol. The highest BCUT2D eigenvalue weighted by Crippen LogP contribution is 2.36. The summed E-state index contributed by atoms with van der Waals surface area (Å²) in [7, 11) is 0. The standard InChI is InChI=1S/C29H24N4O2/c34-29(35)24-13-15-25(16-14-24)31-30-20-21-11-17-26(18-12-21)33-28(23-9-5-2-6-10-23)19-27(32-33)22-7-3-1-4-8-22/h1-18,20,28,31H,19H2,(H,34,35)/b30-20-/t28-/m1/s1. The first-order valence-corrected chi connectivity index (χ1v) is 11.4. The van der Waals surface area contributed by atoms with Crippen molar-refractivity contribution < 1.29 is 9.90 Å². The SMILES string of the molecule is O=C(O)c1ccc(N/N=C\c2ccc(N3N=C(c4ccccc4)C[C@@H]3c3ccccc3)cc2)cc1. The molecule has 0 spiro atoms. The van der Waals surface area contributed by atoms with Gasteiger partial charge in [-0.15, -0.1) is 0 Å². The Labute approximate surface area is 203 Å². The van der Waals surface area contributed by atoms with Crippen LogP contribution < -0.4 is 10.4 Å². The van der Waals surface area contributed by atoms with Crippen molar-refractivity contribution in [2.45, 2.75) is 12.5 Å². The lowest BCUT2D eigenvalue weighted by molar-refractivity contribution is 0.0697. The van der Waals surface area contributed by atoms with E-state index >= 15 is 0 Å². The number of hydrogen-bond donors (Lipinski definition) is 2.